The standard InChI is InChI=1S/C21H15F3N4O2S/c1-10-2-3-11(8-14(10)21(22,23)24)18-17(19(25)29)13-5-4-12(9-15(13)31-18)30-16-6-7-27-20(26)28-16/h2-9H,1H3,(H2,25,29)(H2,26,27,28). The van der Waals surface area contributed by atoms with Crippen LogP contribution in [0.25, 0.3) is 20.5 Å². The fourth-order valence-corrected chi connectivity index (χ4v) is 4.42. The SMILES string of the molecule is Cc1ccc(-c2sc3cc(Oc4ccnc(N)n4)ccc3c2C(N)=O)cc1C(F)(F)F. The fourth-order valence-electron chi connectivity index (χ4n) is 3.19. The molecule has 6 nitrogen and oxygen atoms in total. The van der Waals surface area contributed by atoms with Crippen LogP contribution in [0, 0.1) is 6.92 Å². The highest BCUT2D eigenvalue weighted by molar-refractivity contribution is 7.22. The summed E-state index contributed by atoms with van der Waals surface area (Å²) in [7, 11) is 0. The number of carbonyl (C=O) groups is 1. The van der Waals surface area contributed by atoms with Crippen molar-refractivity contribution in [3.63, 3.8) is 0 Å². The topological polar surface area (TPSA) is 104 Å². The van der Waals surface area contributed by atoms with Crippen LogP contribution in [-0.2, 0) is 6.18 Å². The number of rotatable bonds is 4. The number of halogens is 3. The summed E-state index contributed by atoms with van der Waals surface area (Å²) in [6.07, 6.45) is -3.07. The van der Waals surface area contributed by atoms with E-state index in [1.807, 2.05) is 0 Å². The molecule has 0 radical (unpaired) electrons. The number of carbonyl (C=O) groups excluding carboxylic acids is 1. The van der Waals surface area contributed by atoms with Crippen molar-refractivity contribution in [1.82, 2.24) is 9.97 Å². The molecule has 0 saturated carbocycles. The van der Waals surface area contributed by atoms with E-state index in [4.69, 9.17) is 16.2 Å². The van der Waals surface area contributed by atoms with Gasteiger partial charge in [0.15, 0.2) is 0 Å². The van der Waals surface area contributed by atoms with E-state index in [2.05, 4.69) is 9.97 Å². The van der Waals surface area contributed by atoms with Crippen LogP contribution in [-0.4, -0.2) is 15.9 Å². The van der Waals surface area contributed by atoms with Gasteiger partial charge in [0.25, 0.3) is 5.91 Å². The molecule has 31 heavy (non-hydrogen) atoms. The van der Waals surface area contributed by atoms with Crippen molar-refractivity contribution >= 4 is 33.3 Å². The number of benzene rings is 2. The Morgan fingerprint density at radius 3 is 2.58 bits per heavy atom. The van der Waals surface area contributed by atoms with Crippen molar-refractivity contribution < 1.29 is 22.7 Å². The van der Waals surface area contributed by atoms with E-state index in [0.29, 0.717) is 20.7 Å². The Balaban J connectivity index is 1.83. The molecule has 0 aliphatic heterocycles. The van der Waals surface area contributed by atoms with Crippen molar-refractivity contribution in [2.24, 2.45) is 5.73 Å². The molecule has 158 valence electrons. The maximum atomic E-state index is 13.4. The fraction of sp³-hybridized carbons (Fsp3) is 0.0952. The molecule has 0 atom stereocenters. The Morgan fingerprint density at radius 1 is 1.13 bits per heavy atom. The van der Waals surface area contributed by atoms with E-state index >= 15 is 0 Å². The number of nitrogen functional groups attached to an aromatic ring is 1. The molecule has 0 fully saturated rings. The third-order valence-corrected chi connectivity index (χ3v) is 5.79. The quantitative estimate of drug-likeness (QED) is 0.453. The number of nitrogens with zero attached hydrogens (tertiary/aromatic N) is 2. The summed E-state index contributed by atoms with van der Waals surface area (Å²) < 4.78 is 46.4. The van der Waals surface area contributed by atoms with Crippen molar-refractivity contribution in [2.45, 2.75) is 13.1 Å². The van der Waals surface area contributed by atoms with Crippen LogP contribution < -0.4 is 16.2 Å². The molecule has 0 aliphatic rings. The first kappa shape index (κ1) is 20.6. The maximum absolute atomic E-state index is 13.4. The lowest BCUT2D eigenvalue weighted by Crippen LogP contribution is -2.12. The molecule has 4 rings (SSSR count). The lowest BCUT2D eigenvalue weighted by molar-refractivity contribution is -0.138. The van der Waals surface area contributed by atoms with Crippen LogP contribution in [0.2, 0.25) is 0 Å². The molecule has 0 spiro atoms. The molecule has 2 heterocycles. The number of aromatic nitrogens is 2. The first-order valence-corrected chi connectivity index (χ1v) is 9.76. The van der Waals surface area contributed by atoms with Crippen molar-refractivity contribution in [3.05, 3.63) is 65.4 Å². The number of anilines is 1. The Morgan fingerprint density at radius 2 is 1.90 bits per heavy atom. The Labute approximate surface area is 178 Å². The number of alkyl halides is 3. The van der Waals surface area contributed by atoms with Crippen LogP contribution >= 0.6 is 11.3 Å². The zero-order valence-electron chi connectivity index (χ0n) is 16.0. The van der Waals surface area contributed by atoms with Gasteiger partial charge in [0.2, 0.25) is 11.8 Å². The predicted molar refractivity (Wildman–Crippen MR) is 112 cm³/mol. The molecule has 0 saturated heterocycles. The molecule has 4 N–H and O–H groups in total. The first-order valence-electron chi connectivity index (χ1n) is 8.94. The van der Waals surface area contributed by atoms with Gasteiger partial charge in [-0.3, -0.25) is 4.79 Å². The number of thiophene rings is 1. The van der Waals surface area contributed by atoms with E-state index in [1.165, 1.54) is 25.3 Å². The van der Waals surface area contributed by atoms with Gasteiger partial charge in [-0.2, -0.15) is 18.2 Å². The zero-order valence-corrected chi connectivity index (χ0v) is 16.8. The summed E-state index contributed by atoms with van der Waals surface area (Å²) in [5.74, 6) is -0.0399. The second-order valence-corrected chi connectivity index (χ2v) is 7.76. The van der Waals surface area contributed by atoms with Gasteiger partial charge < -0.3 is 16.2 Å². The molecule has 0 aliphatic carbocycles. The second-order valence-electron chi connectivity index (χ2n) is 6.71. The average molecular weight is 444 g/mol. The van der Waals surface area contributed by atoms with Gasteiger partial charge in [-0.1, -0.05) is 12.1 Å². The number of fused-ring (bicyclic) bond motifs is 1. The zero-order chi connectivity index (χ0) is 22.3. The van der Waals surface area contributed by atoms with Gasteiger partial charge >= 0.3 is 6.18 Å². The van der Waals surface area contributed by atoms with E-state index in [1.54, 1.807) is 24.3 Å². The minimum atomic E-state index is -4.51. The molecule has 0 unspecified atom stereocenters. The summed E-state index contributed by atoms with van der Waals surface area (Å²) in [6, 6.07) is 10.4. The lowest BCUT2D eigenvalue weighted by Gasteiger charge is -2.12. The van der Waals surface area contributed by atoms with Gasteiger partial charge in [-0.25, -0.2) is 4.98 Å². The Hall–Kier alpha value is -3.66. The molecule has 2 aromatic carbocycles. The summed E-state index contributed by atoms with van der Waals surface area (Å²) in [6.45, 7) is 1.38. The van der Waals surface area contributed by atoms with Crippen molar-refractivity contribution in [1.29, 1.82) is 0 Å². The number of hydrogen-bond acceptors (Lipinski definition) is 6. The summed E-state index contributed by atoms with van der Waals surface area (Å²) >= 11 is 1.15. The van der Waals surface area contributed by atoms with Crippen LogP contribution in [0.3, 0.4) is 0 Å². The monoisotopic (exact) mass is 444 g/mol. The molecule has 10 heteroatoms. The molecule has 4 aromatic rings. The van der Waals surface area contributed by atoms with E-state index in [-0.39, 0.29) is 28.5 Å². The van der Waals surface area contributed by atoms with Gasteiger partial charge in [-0.15, -0.1) is 11.3 Å². The molecule has 2 aromatic heterocycles. The number of primary amides is 1. The number of nitrogens with two attached hydrogens (primary N) is 2. The predicted octanol–water partition coefficient (Wildman–Crippen LogP) is 5.16. The molecule has 1 amide bonds. The van der Waals surface area contributed by atoms with Crippen molar-refractivity contribution in [2.75, 3.05) is 5.73 Å². The number of hydrogen-bond donors (Lipinski definition) is 2. The third kappa shape index (κ3) is 4.02. The highest BCUT2D eigenvalue weighted by atomic mass is 32.1. The first-order chi connectivity index (χ1) is 14.6. The van der Waals surface area contributed by atoms with Crippen LogP contribution in [0.1, 0.15) is 21.5 Å². The third-order valence-electron chi connectivity index (χ3n) is 4.58. The average Bonchev–Trinajstić information content (AvgIpc) is 3.06. The van der Waals surface area contributed by atoms with Gasteiger partial charge in [0.1, 0.15) is 5.75 Å². The highest BCUT2D eigenvalue weighted by Gasteiger charge is 2.33. The smallest absolute Gasteiger partial charge is 0.416 e. The largest absolute Gasteiger partial charge is 0.439 e. The van der Waals surface area contributed by atoms with Crippen molar-refractivity contribution in [3.8, 4) is 22.1 Å². The second kappa shape index (κ2) is 7.55. The van der Waals surface area contributed by atoms with Crippen LogP contribution in [0.4, 0.5) is 19.1 Å². The number of aryl methyl sites for hydroxylation is 1. The summed E-state index contributed by atoms with van der Waals surface area (Å²) in [4.78, 5) is 20.3. The summed E-state index contributed by atoms with van der Waals surface area (Å²) in [5.41, 5.74) is 10.9. The highest BCUT2D eigenvalue weighted by Crippen LogP contribution is 2.42. The molecular formula is C21H15F3N4O2S. The lowest BCUT2D eigenvalue weighted by atomic mass is 10.0. The molecular weight excluding hydrogens is 429 g/mol. The number of ether oxygens (including phenoxy) is 1. The minimum absolute atomic E-state index is 0.0489. The van der Waals surface area contributed by atoms with E-state index in [0.717, 1.165) is 17.4 Å². The normalized spacial score (nSPS) is 11.6. The van der Waals surface area contributed by atoms with Crippen LogP contribution in [0.5, 0.6) is 11.6 Å². The molecule has 0 bridgehead atoms. The Bertz CT molecular complexity index is 1320. The van der Waals surface area contributed by atoms with Gasteiger partial charge in [0, 0.05) is 27.2 Å². The van der Waals surface area contributed by atoms with Crippen LogP contribution in [0.15, 0.2) is 48.7 Å². The van der Waals surface area contributed by atoms with Gasteiger partial charge in [-0.05, 0) is 42.3 Å². The number of amides is 1. The Kier molecular flexibility index (Phi) is 5.02. The van der Waals surface area contributed by atoms with E-state index < -0.39 is 17.6 Å². The summed E-state index contributed by atoms with van der Waals surface area (Å²) in [5, 5.41) is 0.524. The maximum Gasteiger partial charge on any atom is 0.416 e. The van der Waals surface area contributed by atoms with E-state index in [9.17, 15) is 18.0 Å². The van der Waals surface area contributed by atoms with Gasteiger partial charge in [0.05, 0.1) is 11.1 Å². The minimum Gasteiger partial charge on any atom is -0.439 e.